The van der Waals surface area contributed by atoms with E-state index >= 15 is 0 Å². The second-order valence-electron chi connectivity index (χ2n) is 5.94. The van der Waals surface area contributed by atoms with E-state index in [0.717, 1.165) is 17.9 Å². The molecule has 1 amide bonds. The average molecular weight is 332 g/mol. The molecule has 0 radical (unpaired) electrons. The van der Waals surface area contributed by atoms with Gasteiger partial charge in [-0.25, -0.2) is 0 Å². The summed E-state index contributed by atoms with van der Waals surface area (Å²) in [4.78, 5) is 11.3. The molecule has 0 aliphatic carbocycles. The zero-order valence-electron chi connectivity index (χ0n) is 14.0. The zero-order chi connectivity index (χ0) is 17.6. The summed E-state index contributed by atoms with van der Waals surface area (Å²) in [7, 11) is 0. The molecule has 1 atom stereocenters. The minimum Gasteiger partial charge on any atom is -0.368 e. The molecule has 0 bridgehead atoms. The third kappa shape index (κ3) is 4.20. The smallest absolute Gasteiger partial charge is 0.248 e. The van der Waals surface area contributed by atoms with Crippen molar-refractivity contribution in [3.8, 4) is 11.3 Å². The van der Waals surface area contributed by atoms with Crippen LogP contribution in [0.5, 0.6) is 0 Å². The number of nitrogens with one attached hydrogen (secondary N) is 1. The summed E-state index contributed by atoms with van der Waals surface area (Å²) >= 11 is 0. The molecule has 5 heteroatoms. The van der Waals surface area contributed by atoms with E-state index in [0.29, 0.717) is 17.2 Å². The fourth-order valence-corrected chi connectivity index (χ4v) is 2.57. The number of rotatable bonds is 6. The van der Waals surface area contributed by atoms with Gasteiger partial charge in [0, 0.05) is 17.7 Å². The molecule has 3 rings (SSSR count). The molecular weight excluding hydrogens is 312 g/mol. The van der Waals surface area contributed by atoms with Crippen molar-refractivity contribution in [3.05, 3.63) is 77.9 Å². The highest BCUT2D eigenvalue weighted by atomic mass is 16.1. The molecule has 126 valence electrons. The van der Waals surface area contributed by atoms with Crippen molar-refractivity contribution < 1.29 is 4.79 Å². The lowest BCUT2D eigenvalue weighted by Gasteiger charge is -2.13. The van der Waals surface area contributed by atoms with Crippen molar-refractivity contribution in [2.24, 2.45) is 5.73 Å². The number of nitrogens with zero attached hydrogens (tertiary/aromatic N) is 2. The standard InChI is InChI=1S/C20H20N4O/c1-14(15-6-3-2-4-7-15)13-22-19-11-10-18(23-24-19)16-8-5-9-17(12-16)20(21)25/h2-12,14H,13H2,1H3,(H2,21,25)(H,22,24). The van der Waals surface area contributed by atoms with Crippen molar-refractivity contribution in [2.45, 2.75) is 12.8 Å². The van der Waals surface area contributed by atoms with Crippen molar-refractivity contribution in [1.82, 2.24) is 10.2 Å². The molecule has 1 unspecified atom stereocenters. The van der Waals surface area contributed by atoms with Gasteiger partial charge in [0.15, 0.2) is 0 Å². The Balaban J connectivity index is 1.66. The zero-order valence-corrected chi connectivity index (χ0v) is 14.0. The van der Waals surface area contributed by atoms with Gasteiger partial charge in [-0.15, -0.1) is 10.2 Å². The van der Waals surface area contributed by atoms with Gasteiger partial charge in [0.25, 0.3) is 0 Å². The predicted octanol–water partition coefficient (Wildman–Crippen LogP) is 3.46. The summed E-state index contributed by atoms with van der Waals surface area (Å²) in [5.74, 6) is 0.635. The Morgan fingerprint density at radius 1 is 1.04 bits per heavy atom. The number of primary amides is 1. The quantitative estimate of drug-likeness (QED) is 0.724. The first-order valence-electron chi connectivity index (χ1n) is 8.16. The topological polar surface area (TPSA) is 80.9 Å². The molecule has 0 saturated carbocycles. The van der Waals surface area contributed by atoms with Crippen LogP contribution in [0.4, 0.5) is 5.82 Å². The lowest BCUT2D eigenvalue weighted by molar-refractivity contribution is 0.100. The molecule has 25 heavy (non-hydrogen) atoms. The van der Waals surface area contributed by atoms with Gasteiger partial charge in [-0.05, 0) is 35.7 Å². The van der Waals surface area contributed by atoms with Gasteiger partial charge in [-0.1, -0.05) is 49.4 Å². The van der Waals surface area contributed by atoms with E-state index in [9.17, 15) is 4.79 Å². The molecule has 0 saturated heterocycles. The highest BCUT2D eigenvalue weighted by Crippen LogP contribution is 2.19. The van der Waals surface area contributed by atoms with Crippen LogP contribution >= 0.6 is 0 Å². The van der Waals surface area contributed by atoms with Gasteiger partial charge < -0.3 is 11.1 Å². The van der Waals surface area contributed by atoms with Gasteiger partial charge >= 0.3 is 0 Å². The van der Waals surface area contributed by atoms with Crippen LogP contribution in [0.15, 0.2) is 66.7 Å². The molecule has 0 aliphatic heterocycles. The maximum atomic E-state index is 11.3. The highest BCUT2D eigenvalue weighted by Gasteiger charge is 2.07. The number of nitrogens with two attached hydrogens (primary N) is 1. The second-order valence-corrected chi connectivity index (χ2v) is 5.94. The van der Waals surface area contributed by atoms with Crippen LogP contribution in [0.25, 0.3) is 11.3 Å². The van der Waals surface area contributed by atoms with Crippen LogP contribution in [0.3, 0.4) is 0 Å². The van der Waals surface area contributed by atoms with Crippen molar-refractivity contribution in [2.75, 3.05) is 11.9 Å². The summed E-state index contributed by atoms with van der Waals surface area (Å²) in [5.41, 5.74) is 8.56. The lowest BCUT2D eigenvalue weighted by Crippen LogP contribution is -2.11. The molecule has 3 N–H and O–H groups in total. The summed E-state index contributed by atoms with van der Waals surface area (Å²) in [6.07, 6.45) is 0. The van der Waals surface area contributed by atoms with Crippen molar-refractivity contribution in [1.29, 1.82) is 0 Å². The summed E-state index contributed by atoms with van der Waals surface area (Å²) < 4.78 is 0. The molecule has 1 aromatic heterocycles. The van der Waals surface area contributed by atoms with E-state index in [4.69, 9.17) is 5.73 Å². The SMILES string of the molecule is CC(CNc1ccc(-c2cccc(C(N)=O)c2)nn1)c1ccccc1. The maximum Gasteiger partial charge on any atom is 0.248 e. The normalized spacial score (nSPS) is 11.7. The minimum absolute atomic E-state index is 0.370. The van der Waals surface area contributed by atoms with Gasteiger partial charge in [-0.3, -0.25) is 4.79 Å². The second kappa shape index (κ2) is 7.57. The van der Waals surface area contributed by atoms with E-state index in [1.54, 1.807) is 18.2 Å². The minimum atomic E-state index is -0.456. The summed E-state index contributed by atoms with van der Waals surface area (Å²) in [5, 5.41) is 11.8. The van der Waals surface area contributed by atoms with Gasteiger partial charge in [0.1, 0.15) is 5.82 Å². The van der Waals surface area contributed by atoms with Crippen LogP contribution in [0.1, 0.15) is 28.8 Å². The maximum absolute atomic E-state index is 11.3. The lowest BCUT2D eigenvalue weighted by atomic mass is 10.0. The Kier molecular flexibility index (Phi) is 5.04. The number of anilines is 1. The first-order valence-corrected chi connectivity index (χ1v) is 8.16. The highest BCUT2D eigenvalue weighted by molar-refractivity contribution is 5.93. The van der Waals surface area contributed by atoms with Crippen LogP contribution in [-0.2, 0) is 0 Å². The van der Waals surface area contributed by atoms with Gasteiger partial charge in [0.2, 0.25) is 5.91 Å². The van der Waals surface area contributed by atoms with E-state index in [2.05, 4.69) is 34.6 Å². The Labute approximate surface area is 146 Å². The summed E-state index contributed by atoms with van der Waals surface area (Å²) in [6.45, 7) is 2.94. The molecular formula is C20H20N4O. The van der Waals surface area contributed by atoms with E-state index in [1.165, 1.54) is 5.56 Å². The number of aromatic nitrogens is 2. The third-order valence-corrected chi connectivity index (χ3v) is 4.07. The fourth-order valence-electron chi connectivity index (χ4n) is 2.57. The monoisotopic (exact) mass is 332 g/mol. The Morgan fingerprint density at radius 3 is 2.52 bits per heavy atom. The first kappa shape index (κ1) is 16.6. The van der Waals surface area contributed by atoms with Crippen molar-refractivity contribution >= 4 is 11.7 Å². The van der Waals surface area contributed by atoms with Crippen LogP contribution in [-0.4, -0.2) is 22.6 Å². The van der Waals surface area contributed by atoms with Gasteiger partial charge in [-0.2, -0.15) is 0 Å². The largest absolute Gasteiger partial charge is 0.368 e. The van der Waals surface area contributed by atoms with Crippen molar-refractivity contribution in [3.63, 3.8) is 0 Å². The number of carbonyl (C=O) groups excluding carboxylic acids is 1. The Morgan fingerprint density at radius 2 is 1.84 bits per heavy atom. The van der Waals surface area contributed by atoms with Crippen LogP contribution in [0, 0.1) is 0 Å². The van der Waals surface area contributed by atoms with Crippen LogP contribution in [0.2, 0.25) is 0 Å². The molecule has 0 aliphatic rings. The number of carbonyl (C=O) groups is 1. The fraction of sp³-hybridized carbons (Fsp3) is 0.150. The average Bonchev–Trinajstić information content (AvgIpc) is 2.67. The predicted molar refractivity (Wildman–Crippen MR) is 99.3 cm³/mol. The summed E-state index contributed by atoms with van der Waals surface area (Å²) in [6, 6.07) is 21.2. The number of amides is 1. The third-order valence-electron chi connectivity index (χ3n) is 4.07. The number of hydrogen-bond acceptors (Lipinski definition) is 4. The van der Waals surface area contributed by atoms with E-state index < -0.39 is 5.91 Å². The molecule has 1 heterocycles. The van der Waals surface area contributed by atoms with Gasteiger partial charge in [0.05, 0.1) is 5.69 Å². The number of hydrogen-bond donors (Lipinski definition) is 2. The van der Waals surface area contributed by atoms with E-state index in [1.807, 2.05) is 36.4 Å². The van der Waals surface area contributed by atoms with Crippen LogP contribution < -0.4 is 11.1 Å². The Bertz CT molecular complexity index is 847. The molecule has 0 fully saturated rings. The Hall–Kier alpha value is -3.21. The molecule has 3 aromatic rings. The van der Waals surface area contributed by atoms with E-state index in [-0.39, 0.29) is 0 Å². The molecule has 2 aromatic carbocycles. The molecule has 5 nitrogen and oxygen atoms in total. The number of benzene rings is 2. The first-order chi connectivity index (χ1) is 12.1. The molecule has 0 spiro atoms.